The van der Waals surface area contributed by atoms with Crippen molar-refractivity contribution < 1.29 is 9.53 Å². The standard InChI is InChI=1S/C21H27N3O2/c1-21(2,3)15-6-8-16(9-7-15)24-17-10-11-22-19(13-17)20(25)23-14-18-5-4-12-26-18/h6-11,13,18H,4-5,12,14H2,1-3H3,(H,22,24)(H,23,25). The highest BCUT2D eigenvalue weighted by molar-refractivity contribution is 5.93. The third-order valence-electron chi connectivity index (χ3n) is 4.55. The first kappa shape index (κ1) is 18.4. The smallest absolute Gasteiger partial charge is 0.270 e. The van der Waals surface area contributed by atoms with E-state index in [-0.39, 0.29) is 17.4 Å². The Bertz CT molecular complexity index is 745. The van der Waals surface area contributed by atoms with Crippen LogP contribution < -0.4 is 10.6 Å². The van der Waals surface area contributed by atoms with Gasteiger partial charge in [0.15, 0.2) is 0 Å². The van der Waals surface area contributed by atoms with E-state index in [1.807, 2.05) is 6.07 Å². The van der Waals surface area contributed by atoms with E-state index in [0.717, 1.165) is 30.8 Å². The molecule has 138 valence electrons. The van der Waals surface area contributed by atoms with Gasteiger partial charge in [-0.1, -0.05) is 32.9 Å². The van der Waals surface area contributed by atoms with Gasteiger partial charge in [-0.3, -0.25) is 9.78 Å². The number of pyridine rings is 1. The fourth-order valence-electron chi connectivity index (χ4n) is 2.96. The number of nitrogens with one attached hydrogen (secondary N) is 2. The number of carbonyl (C=O) groups excluding carboxylic acids is 1. The Morgan fingerprint density at radius 2 is 1.96 bits per heavy atom. The summed E-state index contributed by atoms with van der Waals surface area (Å²) in [4.78, 5) is 16.5. The number of benzene rings is 1. The molecule has 2 aromatic rings. The van der Waals surface area contributed by atoms with Crippen LogP contribution in [0.15, 0.2) is 42.6 Å². The Hall–Kier alpha value is -2.40. The van der Waals surface area contributed by atoms with Gasteiger partial charge in [0.25, 0.3) is 5.91 Å². The molecule has 2 heterocycles. The maximum Gasteiger partial charge on any atom is 0.270 e. The van der Waals surface area contributed by atoms with E-state index in [2.05, 4.69) is 60.7 Å². The molecule has 0 radical (unpaired) electrons. The molecule has 0 saturated carbocycles. The fraction of sp³-hybridized carbons (Fsp3) is 0.429. The first-order valence-electron chi connectivity index (χ1n) is 9.15. The molecule has 0 spiro atoms. The van der Waals surface area contributed by atoms with Crippen LogP contribution in [0.2, 0.25) is 0 Å². The van der Waals surface area contributed by atoms with Crippen molar-refractivity contribution in [1.29, 1.82) is 0 Å². The molecule has 5 heteroatoms. The molecular weight excluding hydrogens is 326 g/mol. The Morgan fingerprint density at radius 1 is 1.19 bits per heavy atom. The maximum atomic E-state index is 12.3. The number of amides is 1. The highest BCUT2D eigenvalue weighted by Gasteiger charge is 2.17. The van der Waals surface area contributed by atoms with Crippen molar-refractivity contribution >= 4 is 17.3 Å². The lowest BCUT2D eigenvalue weighted by Gasteiger charge is -2.19. The lowest BCUT2D eigenvalue weighted by molar-refractivity contribution is 0.0854. The summed E-state index contributed by atoms with van der Waals surface area (Å²) in [6, 6.07) is 12.0. The van der Waals surface area contributed by atoms with Gasteiger partial charge in [0.1, 0.15) is 5.69 Å². The Kier molecular flexibility index (Phi) is 5.57. The van der Waals surface area contributed by atoms with Crippen LogP contribution in [0.4, 0.5) is 11.4 Å². The molecule has 0 bridgehead atoms. The molecule has 26 heavy (non-hydrogen) atoms. The van der Waals surface area contributed by atoms with Crippen molar-refractivity contribution in [3.63, 3.8) is 0 Å². The number of carbonyl (C=O) groups is 1. The van der Waals surface area contributed by atoms with E-state index < -0.39 is 0 Å². The topological polar surface area (TPSA) is 63.2 Å². The van der Waals surface area contributed by atoms with Crippen LogP contribution in [0.5, 0.6) is 0 Å². The van der Waals surface area contributed by atoms with Gasteiger partial charge >= 0.3 is 0 Å². The van der Waals surface area contributed by atoms with Crippen LogP contribution in [0.1, 0.15) is 49.7 Å². The predicted octanol–water partition coefficient (Wildman–Crippen LogP) is 4.03. The van der Waals surface area contributed by atoms with Crippen molar-refractivity contribution in [2.24, 2.45) is 0 Å². The van der Waals surface area contributed by atoms with Gasteiger partial charge in [-0.05, 0) is 48.1 Å². The Morgan fingerprint density at radius 3 is 2.62 bits per heavy atom. The third kappa shape index (κ3) is 4.82. The summed E-state index contributed by atoms with van der Waals surface area (Å²) >= 11 is 0. The average Bonchev–Trinajstić information content (AvgIpc) is 3.13. The number of hydrogen-bond acceptors (Lipinski definition) is 4. The van der Waals surface area contributed by atoms with Crippen LogP contribution in [0, 0.1) is 0 Å². The number of aromatic nitrogens is 1. The minimum atomic E-state index is -0.174. The van der Waals surface area contributed by atoms with Crippen LogP contribution in [0.3, 0.4) is 0 Å². The predicted molar refractivity (Wildman–Crippen MR) is 104 cm³/mol. The summed E-state index contributed by atoms with van der Waals surface area (Å²) < 4.78 is 5.53. The molecular formula is C21H27N3O2. The normalized spacial score (nSPS) is 17.1. The van der Waals surface area contributed by atoms with Gasteiger partial charge in [-0.15, -0.1) is 0 Å². The molecule has 1 aromatic heterocycles. The summed E-state index contributed by atoms with van der Waals surface area (Å²) in [5.41, 5.74) is 3.63. The summed E-state index contributed by atoms with van der Waals surface area (Å²) in [6.07, 6.45) is 3.83. The van der Waals surface area contributed by atoms with Crippen LogP contribution in [-0.2, 0) is 10.2 Å². The van der Waals surface area contributed by atoms with E-state index in [1.54, 1.807) is 12.3 Å². The zero-order valence-corrected chi connectivity index (χ0v) is 15.7. The molecule has 1 amide bonds. The summed E-state index contributed by atoms with van der Waals surface area (Å²) in [5.74, 6) is -0.174. The monoisotopic (exact) mass is 353 g/mol. The third-order valence-corrected chi connectivity index (χ3v) is 4.55. The molecule has 2 N–H and O–H groups in total. The number of ether oxygens (including phenoxy) is 1. The zero-order valence-electron chi connectivity index (χ0n) is 15.7. The fourth-order valence-corrected chi connectivity index (χ4v) is 2.96. The molecule has 1 atom stereocenters. The average molecular weight is 353 g/mol. The second kappa shape index (κ2) is 7.87. The van der Waals surface area contributed by atoms with E-state index in [1.165, 1.54) is 5.56 Å². The van der Waals surface area contributed by atoms with E-state index in [0.29, 0.717) is 12.2 Å². The molecule has 1 aliphatic heterocycles. The minimum absolute atomic E-state index is 0.126. The molecule has 5 nitrogen and oxygen atoms in total. The van der Waals surface area contributed by atoms with Crippen molar-refractivity contribution in [2.45, 2.75) is 45.1 Å². The summed E-state index contributed by atoms with van der Waals surface area (Å²) in [7, 11) is 0. The summed E-state index contributed by atoms with van der Waals surface area (Å²) in [6.45, 7) is 7.90. The van der Waals surface area contributed by atoms with Crippen molar-refractivity contribution in [3.8, 4) is 0 Å². The van der Waals surface area contributed by atoms with E-state index >= 15 is 0 Å². The highest BCUT2D eigenvalue weighted by Crippen LogP contribution is 2.25. The SMILES string of the molecule is CC(C)(C)c1ccc(Nc2ccnc(C(=O)NCC3CCCO3)c2)cc1. The zero-order chi connectivity index (χ0) is 18.6. The van der Waals surface area contributed by atoms with Crippen molar-refractivity contribution in [3.05, 3.63) is 53.9 Å². The van der Waals surface area contributed by atoms with Gasteiger partial charge < -0.3 is 15.4 Å². The van der Waals surface area contributed by atoms with Crippen LogP contribution in [0.25, 0.3) is 0 Å². The molecule has 1 aromatic carbocycles. The minimum Gasteiger partial charge on any atom is -0.376 e. The van der Waals surface area contributed by atoms with E-state index in [4.69, 9.17) is 4.74 Å². The van der Waals surface area contributed by atoms with E-state index in [9.17, 15) is 4.79 Å². The quantitative estimate of drug-likeness (QED) is 0.852. The Balaban J connectivity index is 1.62. The van der Waals surface area contributed by atoms with Crippen molar-refractivity contribution in [1.82, 2.24) is 10.3 Å². The Labute approximate surface area is 155 Å². The molecule has 1 aliphatic rings. The van der Waals surface area contributed by atoms with Crippen LogP contribution >= 0.6 is 0 Å². The molecule has 0 aliphatic carbocycles. The van der Waals surface area contributed by atoms with Gasteiger partial charge in [-0.25, -0.2) is 0 Å². The molecule has 1 fully saturated rings. The maximum absolute atomic E-state index is 12.3. The van der Waals surface area contributed by atoms with Crippen molar-refractivity contribution in [2.75, 3.05) is 18.5 Å². The number of hydrogen-bond donors (Lipinski definition) is 2. The number of rotatable bonds is 5. The second-order valence-corrected chi connectivity index (χ2v) is 7.73. The highest BCUT2D eigenvalue weighted by atomic mass is 16.5. The van der Waals surface area contributed by atoms with Gasteiger partial charge in [0.2, 0.25) is 0 Å². The van der Waals surface area contributed by atoms with Gasteiger partial charge in [-0.2, -0.15) is 0 Å². The second-order valence-electron chi connectivity index (χ2n) is 7.73. The van der Waals surface area contributed by atoms with Crippen LogP contribution in [-0.4, -0.2) is 30.1 Å². The molecule has 1 unspecified atom stereocenters. The number of nitrogens with zero attached hydrogens (tertiary/aromatic N) is 1. The molecule has 1 saturated heterocycles. The first-order chi connectivity index (χ1) is 12.4. The largest absolute Gasteiger partial charge is 0.376 e. The van der Waals surface area contributed by atoms with Gasteiger partial charge in [0.05, 0.1) is 6.10 Å². The lowest BCUT2D eigenvalue weighted by atomic mass is 9.87. The number of anilines is 2. The first-order valence-corrected chi connectivity index (χ1v) is 9.15. The lowest BCUT2D eigenvalue weighted by Crippen LogP contribution is -2.32. The van der Waals surface area contributed by atoms with Gasteiger partial charge in [0, 0.05) is 30.7 Å². The molecule has 3 rings (SSSR count). The summed E-state index contributed by atoms with van der Waals surface area (Å²) in [5, 5.41) is 6.23.